The van der Waals surface area contributed by atoms with Crippen molar-refractivity contribution in [3.8, 4) is 0 Å². The van der Waals surface area contributed by atoms with Crippen LogP contribution < -0.4 is 5.32 Å². The summed E-state index contributed by atoms with van der Waals surface area (Å²) in [4.78, 5) is 32.1. The van der Waals surface area contributed by atoms with Crippen molar-refractivity contribution in [1.82, 2.24) is 20.0 Å². The predicted octanol–water partition coefficient (Wildman–Crippen LogP) is 2.52. The molecule has 2 heterocycles. The van der Waals surface area contributed by atoms with Crippen LogP contribution in [0, 0.1) is 0 Å². The number of piperazine rings is 1. The largest absolute Gasteiger partial charge is 0.344 e. The molecule has 170 valence electrons. The van der Waals surface area contributed by atoms with Crippen molar-refractivity contribution in [3.05, 3.63) is 71.8 Å². The molecule has 0 spiro atoms. The average Bonchev–Trinajstić information content (AvgIpc) is 3.39. The number of amides is 2. The molecule has 2 fully saturated rings. The standard InChI is InChI=1S/C26H34N4O2/c1-21(29-18-16-28(17-19-29)20-24(31)30-14-8-9-15-30)26(32)27-25(22-10-4-2-5-11-22)23-12-6-3-7-13-23/h2-7,10-13,21,25H,8-9,14-20H2,1H3,(H,27,32). The van der Waals surface area contributed by atoms with Gasteiger partial charge in [-0.25, -0.2) is 0 Å². The second-order valence-electron chi connectivity index (χ2n) is 8.84. The molecule has 6 heteroatoms. The molecule has 2 aliphatic rings. The van der Waals surface area contributed by atoms with Gasteiger partial charge >= 0.3 is 0 Å². The van der Waals surface area contributed by atoms with Gasteiger partial charge in [-0.15, -0.1) is 0 Å². The van der Waals surface area contributed by atoms with E-state index in [0.29, 0.717) is 6.54 Å². The number of carbonyl (C=O) groups is 2. The zero-order valence-electron chi connectivity index (χ0n) is 19.0. The molecule has 1 atom stereocenters. The van der Waals surface area contributed by atoms with Gasteiger partial charge in [-0.3, -0.25) is 19.4 Å². The van der Waals surface area contributed by atoms with Crippen LogP contribution in [0.1, 0.15) is 36.9 Å². The van der Waals surface area contributed by atoms with E-state index in [2.05, 4.69) is 39.4 Å². The molecule has 0 saturated carbocycles. The highest BCUT2D eigenvalue weighted by atomic mass is 16.2. The summed E-state index contributed by atoms with van der Waals surface area (Å²) in [6.45, 7) is 7.51. The molecule has 6 nitrogen and oxygen atoms in total. The van der Waals surface area contributed by atoms with Gasteiger partial charge < -0.3 is 10.2 Å². The highest BCUT2D eigenvalue weighted by Crippen LogP contribution is 2.22. The molecule has 32 heavy (non-hydrogen) atoms. The zero-order valence-corrected chi connectivity index (χ0v) is 19.0. The number of nitrogens with one attached hydrogen (secondary N) is 1. The maximum Gasteiger partial charge on any atom is 0.237 e. The Bertz CT molecular complexity index is 836. The highest BCUT2D eigenvalue weighted by Gasteiger charge is 2.29. The summed E-state index contributed by atoms with van der Waals surface area (Å²) in [5.74, 6) is 0.277. The number of hydrogen-bond acceptors (Lipinski definition) is 4. The van der Waals surface area contributed by atoms with Gasteiger partial charge in [0.05, 0.1) is 18.6 Å². The number of hydrogen-bond donors (Lipinski definition) is 1. The molecule has 4 rings (SSSR count). The molecule has 1 unspecified atom stereocenters. The summed E-state index contributed by atoms with van der Waals surface area (Å²) in [5.41, 5.74) is 2.15. The quantitative estimate of drug-likeness (QED) is 0.728. The van der Waals surface area contributed by atoms with E-state index >= 15 is 0 Å². The lowest BCUT2D eigenvalue weighted by molar-refractivity contribution is -0.133. The van der Waals surface area contributed by atoms with Crippen LogP contribution in [-0.4, -0.2) is 78.4 Å². The topological polar surface area (TPSA) is 55.9 Å². The van der Waals surface area contributed by atoms with Crippen molar-refractivity contribution in [2.24, 2.45) is 0 Å². The maximum absolute atomic E-state index is 13.2. The molecule has 2 saturated heterocycles. The van der Waals surface area contributed by atoms with Crippen LogP contribution in [-0.2, 0) is 9.59 Å². The van der Waals surface area contributed by atoms with E-state index in [4.69, 9.17) is 0 Å². The summed E-state index contributed by atoms with van der Waals surface area (Å²) in [6.07, 6.45) is 2.25. The normalized spacial score (nSPS) is 18.6. The van der Waals surface area contributed by atoms with E-state index < -0.39 is 0 Å². The first-order chi connectivity index (χ1) is 15.6. The SMILES string of the molecule is CC(C(=O)NC(c1ccccc1)c1ccccc1)N1CCN(CC(=O)N2CCCC2)CC1. The van der Waals surface area contributed by atoms with Crippen LogP contribution in [0.25, 0.3) is 0 Å². The number of rotatable bonds is 7. The molecular weight excluding hydrogens is 400 g/mol. The molecule has 0 radical (unpaired) electrons. The van der Waals surface area contributed by atoms with Crippen molar-refractivity contribution < 1.29 is 9.59 Å². The Labute approximate surface area is 191 Å². The van der Waals surface area contributed by atoms with Crippen molar-refractivity contribution >= 4 is 11.8 Å². The molecule has 2 aromatic rings. The second-order valence-corrected chi connectivity index (χ2v) is 8.84. The predicted molar refractivity (Wildman–Crippen MR) is 126 cm³/mol. The summed E-state index contributed by atoms with van der Waals surface area (Å²) >= 11 is 0. The molecule has 2 aromatic carbocycles. The molecule has 2 aliphatic heterocycles. The third-order valence-electron chi connectivity index (χ3n) is 6.70. The molecule has 0 aromatic heterocycles. The summed E-state index contributed by atoms with van der Waals surface area (Å²) in [6, 6.07) is 19.8. The Morgan fingerprint density at radius 1 is 0.812 bits per heavy atom. The van der Waals surface area contributed by atoms with Crippen molar-refractivity contribution in [1.29, 1.82) is 0 Å². The van der Waals surface area contributed by atoms with E-state index in [1.54, 1.807) is 0 Å². The van der Waals surface area contributed by atoms with Crippen LogP contribution >= 0.6 is 0 Å². The lowest BCUT2D eigenvalue weighted by atomic mass is 9.98. The van der Waals surface area contributed by atoms with Gasteiger partial charge in [0.25, 0.3) is 0 Å². The number of carbonyl (C=O) groups excluding carboxylic acids is 2. The monoisotopic (exact) mass is 434 g/mol. The third kappa shape index (κ3) is 5.56. The smallest absolute Gasteiger partial charge is 0.237 e. The Morgan fingerprint density at radius 2 is 1.34 bits per heavy atom. The van der Waals surface area contributed by atoms with Gasteiger partial charge in [0.2, 0.25) is 11.8 Å². The van der Waals surface area contributed by atoms with Gasteiger partial charge in [-0.2, -0.15) is 0 Å². The van der Waals surface area contributed by atoms with Crippen molar-refractivity contribution in [2.45, 2.75) is 31.8 Å². The molecule has 2 amide bonds. The fraction of sp³-hybridized carbons (Fsp3) is 0.462. The zero-order chi connectivity index (χ0) is 22.3. The van der Waals surface area contributed by atoms with Gasteiger partial charge in [-0.05, 0) is 30.9 Å². The molecule has 0 aliphatic carbocycles. The van der Waals surface area contributed by atoms with Gasteiger partial charge in [0.1, 0.15) is 0 Å². The number of benzene rings is 2. The Balaban J connectivity index is 1.33. The molecule has 0 bridgehead atoms. The van der Waals surface area contributed by atoms with E-state index in [-0.39, 0.29) is 23.9 Å². The first-order valence-electron chi connectivity index (χ1n) is 11.8. The number of nitrogens with zero attached hydrogens (tertiary/aromatic N) is 3. The van der Waals surface area contributed by atoms with E-state index in [1.807, 2.05) is 48.2 Å². The number of likely N-dealkylation sites (tertiary alicyclic amines) is 1. The van der Waals surface area contributed by atoms with Crippen molar-refractivity contribution in [2.75, 3.05) is 45.8 Å². The maximum atomic E-state index is 13.2. The summed E-state index contributed by atoms with van der Waals surface area (Å²) in [7, 11) is 0. The van der Waals surface area contributed by atoms with Gasteiger partial charge in [0, 0.05) is 39.3 Å². The van der Waals surface area contributed by atoms with Crippen LogP contribution in [0.15, 0.2) is 60.7 Å². The van der Waals surface area contributed by atoms with Crippen LogP contribution in [0.4, 0.5) is 0 Å². The van der Waals surface area contributed by atoms with Gasteiger partial charge in [-0.1, -0.05) is 60.7 Å². The first-order valence-corrected chi connectivity index (χ1v) is 11.8. The lowest BCUT2D eigenvalue weighted by Gasteiger charge is -2.38. The van der Waals surface area contributed by atoms with E-state index in [1.165, 1.54) is 0 Å². The Morgan fingerprint density at radius 3 is 1.88 bits per heavy atom. The second kappa shape index (κ2) is 10.7. The first kappa shape index (κ1) is 22.5. The summed E-state index contributed by atoms with van der Waals surface area (Å²) < 4.78 is 0. The van der Waals surface area contributed by atoms with E-state index in [9.17, 15) is 9.59 Å². The summed E-state index contributed by atoms with van der Waals surface area (Å²) in [5, 5.41) is 3.27. The minimum atomic E-state index is -0.221. The van der Waals surface area contributed by atoms with Crippen LogP contribution in [0.2, 0.25) is 0 Å². The highest BCUT2D eigenvalue weighted by molar-refractivity contribution is 5.82. The minimum absolute atomic E-state index is 0.0318. The Kier molecular flexibility index (Phi) is 7.55. The lowest BCUT2D eigenvalue weighted by Crippen LogP contribution is -2.55. The molecular formula is C26H34N4O2. The fourth-order valence-corrected chi connectivity index (χ4v) is 4.65. The minimum Gasteiger partial charge on any atom is -0.344 e. The van der Waals surface area contributed by atoms with Crippen molar-refractivity contribution in [3.63, 3.8) is 0 Å². The van der Waals surface area contributed by atoms with Crippen LogP contribution in [0.3, 0.4) is 0 Å². The fourth-order valence-electron chi connectivity index (χ4n) is 4.65. The van der Waals surface area contributed by atoms with Gasteiger partial charge in [0.15, 0.2) is 0 Å². The average molecular weight is 435 g/mol. The van der Waals surface area contributed by atoms with E-state index in [0.717, 1.165) is 63.2 Å². The third-order valence-corrected chi connectivity index (χ3v) is 6.70. The van der Waals surface area contributed by atoms with Crippen LogP contribution in [0.5, 0.6) is 0 Å². The Hall–Kier alpha value is -2.70. The molecule has 1 N–H and O–H groups in total.